The maximum atomic E-state index is 13.1. The van der Waals surface area contributed by atoms with Crippen molar-refractivity contribution in [3.8, 4) is 0 Å². The fourth-order valence-electron chi connectivity index (χ4n) is 1.16. The lowest BCUT2D eigenvalue weighted by Gasteiger charge is -2.14. The molecule has 1 unspecified atom stereocenters. The number of imide groups is 1. The fraction of sp³-hybridized carbons (Fsp3) is 0.750. The molecule has 2 amide bonds. The van der Waals surface area contributed by atoms with Gasteiger partial charge >= 0.3 is 10.1 Å². The smallest absolute Gasteiger partial charge is 0.272 e. The molecule has 1 heterocycles. The van der Waals surface area contributed by atoms with Crippen LogP contribution in [0, 0.1) is 0 Å². The van der Waals surface area contributed by atoms with E-state index in [0.29, 0.717) is 6.42 Å². The Morgan fingerprint density at radius 2 is 1.88 bits per heavy atom. The van der Waals surface area contributed by atoms with Gasteiger partial charge in [-0.05, 0) is 6.42 Å². The summed E-state index contributed by atoms with van der Waals surface area (Å²) in [5.74, 6) is -1.53. The number of amides is 2. The molecular weight excluding hydrogens is 241 g/mol. The molecule has 0 spiro atoms. The van der Waals surface area contributed by atoms with Crippen molar-refractivity contribution in [2.24, 2.45) is 0 Å². The zero-order valence-electron chi connectivity index (χ0n) is 8.68. The van der Waals surface area contributed by atoms with Crippen LogP contribution in [0.2, 0.25) is 0 Å². The van der Waals surface area contributed by atoms with Crippen LogP contribution in [0.1, 0.15) is 32.6 Å². The lowest BCUT2D eigenvalue weighted by molar-refractivity contribution is -0.164. The standard InChI is InChI=1S/C8H12FNO5S/c1-2-3-6(9)16(13,14)15-10-7(11)4-5-8(10)12/h6H,2-5H2,1H3. The second-order valence-electron chi connectivity index (χ2n) is 3.35. The molecule has 1 rings (SSSR count). The predicted molar refractivity (Wildman–Crippen MR) is 50.9 cm³/mol. The van der Waals surface area contributed by atoms with Gasteiger partial charge in [-0.2, -0.15) is 8.42 Å². The van der Waals surface area contributed by atoms with E-state index in [1.807, 2.05) is 0 Å². The summed E-state index contributed by atoms with van der Waals surface area (Å²) >= 11 is 0. The van der Waals surface area contributed by atoms with Gasteiger partial charge in [0.2, 0.25) is 5.50 Å². The fourth-order valence-corrected chi connectivity index (χ4v) is 2.15. The van der Waals surface area contributed by atoms with Gasteiger partial charge in [0.05, 0.1) is 0 Å². The van der Waals surface area contributed by atoms with E-state index in [0.717, 1.165) is 0 Å². The summed E-state index contributed by atoms with van der Waals surface area (Å²) < 4.78 is 39.7. The van der Waals surface area contributed by atoms with E-state index < -0.39 is 27.4 Å². The molecule has 1 aliphatic rings. The van der Waals surface area contributed by atoms with Gasteiger partial charge in [0.25, 0.3) is 11.8 Å². The van der Waals surface area contributed by atoms with Gasteiger partial charge in [-0.1, -0.05) is 13.3 Å². The lowest BCUT2D eigenvalue weighted by Crippen LogP contribution is -2.35. The van der Waals surface area contributed by atoms with Crippen LogP contribution in [0.15, 0.2) is 0 Å². The van der Waals surface area contributed by atoms with Crippen LogP contribution in [-0.2, 0) is 24.0 Å². The number of nitrogens with zero attached hydrogens (tertiary/aromatic N) is 1. The minimum atomic E-state index is -4.55. The van der Waals surface area contributed by atoms with Crippen molar-refractivity contribution in [3.05, 3.63) is 0 Å². The Hall–Kier alpha value is -1.02. The number of hydrogen-bond acceptors (Lipinski definition) is 5. The van der Waals surface area contributed by atoms with Crippen molar-refractivity contribution in [3.63, 3.8) is 0 Å². The Labute approximate surface area is 92.4 Å². The molecule has 6 nitrogen and oxygen atoms in total. The van der Waals surface area contributed by atoms with Crippen LogP contribution < -0.4 is 0 Å². The average molecular weight is 253 g/mol. The highest BCUT2D eigenvalue weighted by Gasteiger charge is 2.37. The van der Waals surface area contributed by atoms with Crippen LogP contribution in [-0.4, -0.2) is 30.8 Å². The minimum absolute atomic E-state index is 0.112. The molecule has 0 N–H and O–H groups in total. The van der Waals surface area contributed by atoms with Crippen molar-refractivity contribution < 1.29 is 26.7 Å². The molecule has 1 fully saturated rings. The maximum absolute atomic E-state index is 13.1. The van der Waals surface area contributed by atoms with E-state index in [-0.39, 0.29) is 24.3 Å². The third-order valence-electron chi connectivity index (χ3n) is 2.01. The molecule has 1 atom stereocenters. The van der Waals surface area contributed by atoms with E-state index in [4.69, 9.17) is 0 Å². The number of rotatable bonds is 5. The molecule has 0 aliphatic carbocycles. The van der Waals surface area contributed by atoms with Crippen LogP contribution in [0.5, 0.6) is 0 Å². The minimum Gasteiger partial charge on any atom is -0.272 e. The summed E-state index contributed by atoms with van der Waals surface area (Å²) in [6.45, 7) is 1.61. The van der Waals surface area contributed by atoms with Gasteiger partial charge in [-0.3, -0.25) is 9.59 Å². The first-order chi connectivity index (χ1) is 7.38. The number of hydrogen-bond donors (Lipinski definition) is 0. The average Bonchev–Trinajstić information content (AvgIpc) is 2.49. The molecule has 0 radical (unpaired) electrons. The molecule has 0 saturated carbocycles. The highest BCUT2D eigenvalue weighted by Crippen LogP contribution is 2.19. The zero-order valence-corrected chi connectivity index (χ0v) is 9.50. The topological polar surface area (TPSA) is 80.8 Å². The van der Waals surface area contributed by atoms with Gasteiger partial charge in [0.1, 0.15) is 0 Å². The Bertz CT molecular complexity index is 377. The zero-order chi connectivity index (χ0) is 12.3. The van der Waals surface area contributed by atoms with Crippen molar-refractivity contribution in [1.29, 1.82) is 0 Å². The molecular formula is C8H12FNO5S. The molecule has 0 aromatic rings. The van der Waals surface area contributed by atoms with Gasteiger partial charge < -0.3 is 0 Å². The van der Waals surface area contributed by atoms with E-state index >= 15 is 0 Å². The molecule has 8 heteroatoms. The molecule has 1 saturated heterocycles. The Kier molecular flexibility index (Phi) is 3.98. The van der Waals surface area contributed by atoms with Crippen molar-refractivity contribution in [2.75, 3.05) is 0 Å². The highest BCUT2D eigenvalue weighted by molar-refractivity contribution is 7.87. The summed E-state index contributed by atoms with van der Waals surface area (Å²) in [5.41, 5.74) is -2.22. The number of halogens is 1. The second-order valence-corrected chi connectivity index (χ2v) is 4.99. The molecule has 0 bridgehead atoms. The summed E-state index contributed by atoms with van der Waals surface area (Å²) in [4.78, 5) is 22.1. The van der Waals surface area contributed by atoms with Crippen molar-refractivity contribution in [2.45, 2.75) is 38.1 Å². The van der Waals surface area contributed by atoms with Gasteiger partial charge in [-0.25, -0.2) is 4.39 Å². The van der Waals surface area contributed by atoms with Crippen LogP contribution in [0.25, 0.3) is 0 Å². The number of carbonyl (C=O) groups is 2. The van der Waals surface area contributed by atoms with Gasteiger partial charge in [-0.15, -0.1) is 9.35 Å². The number of carbonyl (C=O) groups excluding carboxylic acids is 2. The molecule has 92 valence electrons. The molecule has 0 aromatic heterocycles. The van der Waals surface area contributed by atoms with E-state index in [9.17, 15) is 22.4 Å². The van der Waals surface area contributed by atoms with E-state index in [2.05, 4.69) is 4.28 Å². The van der Waals surface area contributed by atoms with Gasteiger partial charge in [0, 0.05) is 12.8 Å². The number of alkyl halides is 1. The summed E-state index contributed by atoms with van der Waals surface area (Å²) in [5, 5.41) is 0.123. The predicted octanol–water partition coefficient (Wildman–Crippen LogP) is 0.492. The van der Waals surface area contributed by atoms with Gasteiger partial charge in [0.15, 0.2) is 0 Å². The lowest BCUT2D eigenvalue weighted by atomic mass is 10.4. The second kappa shape index (κ2) is 4.88. The quantitative estimate of drug-likeness (QED) is 0.666. The Morgan fingerprint density at radius 1 is 1.38 bits per heavy atom. The third-order valence-corrected chi connectivity index (χ3v) is 3.23. The van der Waals surface area contributed by atoms with Crippen LogP contribution >= 0.6 is 0 Å². The maximum Gasteiger partial charge on any atom is 0.321 e. The first kappa shape index (κ1) is 13.0. The SMILES string of the molecule is CCCC(F)S(=O)(=O)ON1C(=O)CCC1=O. The number of hydroxylamine groups is 2. The van der Waals surface area contributed by atoms with E-state index in [1.165, 1.54) is 0 Å². The van der Waals surface area contributed by atoms with E-state index in [1.54, 1.807) is 6.92 Å². The van der Waals surface area contributed by atoms with Crippen LogP contribution in [0.3, 0.4) is 0 Å². The first-order valence-electron chi connectivity index (χ1n) is 4.81. The van der Waals surface area contributed by atoms with Crippen molar-refractivity contribution >= 4 is 21.9 Å². The highest BCUT2D eigenvalue weighted by atomic mass is 32.2. The Balaban J connectivity index is 2.72. The molecule has 0 aromatic carbocycles. The largest absolute Gasteiger partial charge is 0.321 e. The van der Waals surface area contributed by atoms with Crippen molar-refractivity contribution in [1.82, 2.24) is 5.06 Å². The monoisotopic (exact) mass is 253 g/mol. The summed E-state index contributed by atoms with van der Waals surface area (Å²) in [6, 6.07) is 0. The first-order valence-corrected chi connectivity index (χ1v) is 6.29. The normalized spacial score (nSPS) is 19.2. The summed E-state index contributed by atoms with van der Waals surface area (Å²) in [6.07, 6.45) is -0.150. The Morgan fingerprint density at radius 3 is 2.31 bits per heavy atom. The summed E-state index contributed by atoms with van der Waals surface area (Å²) in [7, 11) is -4.55. The van der Waals surface area contributed by atoms with Crippen LogP contribution in [0.4, 0.5) is 4.39 Å². The molecule has 1 aliphatic heterocycles. The third kappa shape index (κ3) is 2.76. The molecule has 16 heavy (non-hydrogen) atoms.